The zero-order valence-corrected chi connectivity index (χ0v) is 12.4. The normalized spacial score (nSPS) is 22.2. The lowest BCUT2D eigenvalue weighted by Crippen LogP contribution is -2.31. The third-order valence-electron chi connectivity index (χ3n) is 4.20. The number of aromatic nitrogens is 1. The number of nitrogens with one attached hydrogen (secondary N) is 2. The molecule has 1 aromatic rings. The molecule has 2 aliphatic rings. The largest absolute Gasteiger partial charge is 0.370 e. The molecule has 0 bridgehead atoms. The summed E-state index contributed by atoms with van der Waals surface area (Å²) < 4.78 is 0. The Labute approximate surface area is 126 Å². The average Bonchev–Trinajstić information content (AvgIpc) is 3.20. The second-order valence-corrected chi connectivity index (χ2v) is 6.14. The van der Waals surface area contributed by atoms with Crippen molar-refractivity contribution >= 4 is 11.7 Å². The number of hydrogen-bond donors (Lipinski definition) is 2. The van der Waals surface area contributed by atoms with Gasteiger partial charge in [0.25, 0.3) is 0 Å². The molecule has 2 N–H and O–H groups in total. The minimum absolute atomic E-state index is 0.215. The van der Waals surface area contributed by atoms with Crippen molar-refractivity contribution in [1.29, 1.82) is 0 Å². The van der Waals surface area contributed by atoms with Gasteiger partial charge in [0.2, 0.25) is 5.91 Å². The fourth-order valence-corrected chi connectivity index (χ4v) is 2.79. The molecule has 1 amide bonds. The lowest BCUT2D eigenvalue weighted by molar-refractivity contribution is -0.121. The number of carbonyl (C=O) groups excluding carboxylic acids is 1. The van der Waals surface area contributed by atoms with Crippen LogP contribution in [0, 0.1) is 5.92 Å². The summed E-state index contributed by atoms with van der Waals surface area (Å²) in [5, 5.41) is 6.44. The molecule has 1 saturated heterocycles. The predicted octanol–water partition coefficient (Wildman–Crippen LogP) is 1.48. The van der Waals surface area contributed by atoms with Crippen LogP contribution in [0.1, 0.15) is 25.7 Å². The zero-order valence-electron chi connectivity index (χ0n) is 12.4. The second kappa shape index (κ2) is 6.89. The van der Waals surface area contributed by atoms with E-state index in [0.29, 0.717) is 18.4 Å². The molecule has 1 aromatic heterocycles. The number of anilines is 1. The molecule has 0 unspecified atom stereocenters. The summed E-state index contributed by atoms with van der Waals surface area (Å²) in [6, 6.07) is 6.39. The maximum Gasteiger partial charge on any atom is 0.221 e. The first-order valence-electron chi connectivity index (χ1n) is 7.96. The smallest absolute Gasteiger partial charge is 0.221 e. The molecule has 1 atom stereocenters. The summed E-state index contributed by atoms with van der Waals surface area (Å²) in [6.07, 6.45) is 5.97. The maximum absolute atomic E-state index is 11.7. The van der Waals surface area contributed by atoms with Gasteiger partial charge in [0.05, 0.1) is 0 Å². The van der Waals surface area contributed by atoms with Gasteiger partial charge in [-0.25, -0.2) is 4.98 Å². The molecule has 114 valence electrons. The minimum Gasteiger partial charge on any atom is -0.370 e. The van der Waals surface area contributed by atoms with Crippen molar-refractivity contribution < 1.29 is 4.79 Å². The molecular formula is C16H24N4O. The van der Waals surface area contributed by atoms with E-state index in [1.54, 1.807) is 0 Å². The molecule has 2 fully saturated rings. The van der Waals surface area contributed by atoms with Gasteiger partial charge in [0.15, 0.2) is 0 Å². The SMILES string of the molecule is O=C(CCN1CC[C@H](CNc2ccccn2)C1)NC1CC1. The fourth-order valence-electron chi connectivity index (χ4n) is 2.79. The van der Waals surface area contributed by atoms with E-state index in [9.17, 15) is 4.79 Å². The Morgan fingerprint density at radius 3 is 3.00 bits per heavy atom. The molecular weight excluding hydrogens is 264 g/mol. The minimum atomic E-state index is 0.215. The van der Waals surface area contributed by atoms with E-state index < -0.39 is 0 Å². The Bertz CT molecular complexity index is 461. The highest BCUT2D eigenvalue weighted by molar-refractivity contribution is 5.76. The van der Waals surface area contributed by atoms with Crippen molar-refractivity contribution in [2.75, 3.05) is 31.5 Å². The zero-order chi connectivity index (χ0) is 14.5. The van der Waals surface area contributed by atoms with Crippen LogP contribution in [-0.4, -0.2) is 48.0 Å². The van der Waals surface area contributed by atoms with Crippen LogP contribution in [0.25, 0.3) is 0 Å². The third-order valence-corrected chi connectivity index (χ3v) is 4.20. The standard InChI is InChI=1S/C16H24N4O/c21-16(19-14-4-5-14)7-10-20-9-6-13(12-20)11-18-15-3-1-2-8-17-15/h1-3,8,13-14H,4-7,9-12H2,(H,17,18)(H,19,21)/t13-/m1/s1. The van der Waals surface area contributed by atoms with Crippen LogP contribution in [-0.2, 0) is 4.79 Å². The van der Waals surface area contributed by atoms with Crippen LogP contribution in [0.5, 0.6) is 0 Å². The number of nitrogens with zero attached hydrogens (tertiary/aromatic N) is 2. The molecule has 1 aliphatic heterocycles. The Morgan fingerprint density at radius 1 is 1.33 bits per heavy atom. The van der Waals surface area contributed by atoms with E-state index in [1.807, 2.05) is 24.4 Å². The summed E-state index contributed by atoms with van der Waals surface area (Å²) >= 11 is 0. The fraction of sp³-hybridized carbons (Fsp3) is 0.625. The van der Waals surface area contributed by atoms with Gasteiger partial charge in [-0.2, -0.15) is 0 Å². The van der Waals surface area contributed by atoms with Crippen molar-refractivity contribution in [3.63, 3.8) is 0 Å². The number of pyridine rings is 1. The molecule has 5 heteroatoms. The van der Waals surface area contributed by atoms with E-state index in [2.05, 4.69) is 20.5 Å². The lowest BCUT2D eigenvalue weighted by atomic mass is 10.1. The molecule has 21 heavy (non-hydrogen) atoms. The Kier molecular flexibility index (Phi) is 4.70. The summed E-state index contributed by atoms with van der Waals surface area (Å²) in [5.41, 5.74) is 0. The van der Waals surface area contributed by atoms with Crippen molar-refractivity contribution in [1.82, 2.24) is 15.2 Å². The van der Waals surface area contributed by atoms with Crippen LogP contribution in [0.4, 0.5) is 5.82 Å². The molecule has 2 heterocycles. The number of amides is 1. The topological polar surface area (TPSA) is 57.3 Å². The van der Waals surface area contributed by atoms with Crippen LogP contribution in [0.2, 0.25) is 0 Å². The molecule has 1 aliphatic carbocycles. The van der Waals surface area contributed by atoms with Gasteiger partial charge < -0.3 is 15.5 Å². The average molecular weight is 288 g/mol. The van der Waals surface area contributed by atoms with Crippen molar-refractivity contribution in [3.05, 3.63) is 24.4 Å². The van der Waals surface area contributed by atoms with Gasteiger partial charge >= 0.3 is 0 Å². The first kappa shape index (κ1) is 14.3. The molecule has 0 radical (unpaired) electrons. The van der Waals surface area contributed by atoms with Crippen molar-refractivity contribution in [2.24, 2.45) is 5.92 Å². The summed E-state index contributed by atoms with van der Waals surface area (Å²) in [6.45, 7) is 4.03. The third kappa shape index (κ3) is 4.70. The predicted molar refractivity (Wildman–Crippen MR) is 83.1 cm³/mol. The van der Waals surface area contributed by atoms with Crippen LogP contribution in [0.15, 0.2) is 24.4 Å². The summed E-state index contributed by atoms with van der Waals surface area (Å²) in [5.74, 6) is 1.81. The number of carbonyl (C=O) groups is 1. The van der Waals surface area contributed by atoms with Crippen molar-refractivity contribution in [3.8, 4) is 0 Å². The van der Waals surface area contributed by atoms with E-state index in [4.69, 9.17) is 0 Å². The quantitative estimate of drug-likeness (QED) is 0.798. The van der Waals surface area contributed by atoms with Crippen LogP contribution in [0.3, 0.4) is 0 Å². The first-order chi connectivity index (χ1) is 10.3. The Balaban J connectivity index is 1.32. The highest BCUT2D eigenvalue weighted by Gasteiger charge is 2.25. The number of rotatable bonds is 7. The van der Waals surface area contributed by atoms with Crippen molar-refractivity contribution in [2.45, 2.75) is 31.7 Å². The maximum atomic E-state index is 11.7. The van der Waals surface area contributed by atoms with Gasteiger partial charge in [-0.05, 0) is 43.9 Å². The van der Waals surface area contributed by atoms with Gasteiger partial charge in [-0.1, -0.05) is 6.07 Å². The monoisotopic (exact) mass is 288 g/mol. The molecule has 3 rings (SSSR count). The Morgan fingerprint density at radius 2 is 2.24 bits per heavy atom. The van der Waals surface area contributed by atoms with E-state index in [1.165, 1.54) is 6.42 Å². The Hall–Kier alpha value is -1.62. The first-order valence-corrected chi connectivity index (χ1v) is 7.96. The van der Waals surface area contributed by atoms with Gasteiger partial charge in [0.1, 0.15) is 5.82 Å². The molecule has 0 aromatic carbocycles. The van der Waals surface area contributed by atoms with Gasteiger partial charge in [-0.3, -0.25) is 4.79 Å². The second-order valence-electron chi connectivity index (χ2n) is 6.14. The van der Waals surface area contributed by atoms with Crippen LogP contribution >= 0.6 is 0 Å². The lowest BCUT2D eigenvalue weighted by Gasteiger charge is -2.16. The van der Waals surface area contributed by atoms with E-state index in [-0.39, 0.29) is 5.91 Å². The van der Waals surface area contributed by atoms with Gasteiger partial charge in [0, 0.05) is 38.3 Å². The van der Waals surface area contributed by atoms with Crippen LogP contribution < -0.4 is 10.6 Å². The highest BCUT2D eigenvalue weighted by Crippen LogP contribution is 2.19. The van der Waals surface area contributed by atoms with Gasteiger partial charge in [-0.15, -0.1) is 0 Å². The summed E-state index contributed by atoms with van der Waals surface area (Å²) in [7, 11) is 0. The molecule has 0 spiro atoms. The summed E-state index contributed by atoms with van der Waals surface area (Å²) in [4.78, 5) is 18.4. The number of hydrogen-bond acceptors (Lipinski definition) is 4. The highest BCUT2D eigenvalue weighted by atomic mass is 16.1. The van der Waals surface area contributed by atoms with E-state index in [0.717, 1.165) is 44.8 Å². The molecule has 5 nitrogen and oxygen atoms in total. The molecule has 1 saturated carbocycles. The number of likely N-dealkylation sites (tertiary alicyclic amines) is 1. The van der Waals surface area contributed by atoms with E-state index >= 15 is 0 Å².